The number of hydrogen-bond acceptors (Lipinski definition) is 9. The Balaban J connectivity index is 3.08. The highest BCUT2D eigenvalue weighted by Crippen LogP contribution is 2.19. The molecule has 0 spiro atoms. The Kier molecular flexibility index (Phi) is 22.1. The predicted molar refractivity (Wildman–Crippen MR) is 209 cm³/mol. The number of guanidine groups is 1. The molecule has 0 fully saturated rings. The molecular formula is C37H65BN8O8. The molecule has 1 aromatic rings. The molecule has 12 N–H and O–H groups in total. The topological polar surface area (TPSA) is 271 Å². The SMILES string of the molecule is CCCC(CCCN=C(N)N)NC(=O)C(CC(C)C)NC(=O)C(O)[C@H](CC(C)C)C(=O)N[C@@H](C)CC(NC(C)=O)C(=O)NC(Cc1ccccc1)B(O)O. The molecule has 0 heterocycles. The van der Waals surface area contributed by atoms with Crippen molar-refractivity contribution < 1.29 is 39.1 Å². The minimum absolute atomic E-state index is 0.00606. The maximum absolute atomic E-state index is 13.7. The molecule has 54 heavy (non-hydrogen) atoms. The molecule has 7 atom stereocenters. The molecule has 16 nitrogen and oxygen atoms in total. The van der Waals surface area contributed by atoms with E-state index in [9.17, 15) is 39.1 Å². The molecule has 304 valence electrons. The zero-order valence-corrected chi connectivity index (χ0v) is 33.0. The van der Waals surface area contributed by atoms with Crippen molar-refractivity contribution in [2.24, 2.45) is 34.2 Å². The average Bonchev–Trinajstić information content (AvgIpc) is 3.07. The predicted octanol–water partition coefficient (Wildman–Crippen LogP) is 0.0180. The molecule has 0 radical (unpaired) electrons. The number of hydrogen-bond donors (Lipinski definition) is 10. The first-order valence-electron chi connectivity index (χ1n) is 19.0. The second-order valence-corrected chi connectivity index (χ2v) is 14.9. The van der Waals surface area contributed by atoms with Gasteiger partial charge in [-0.3, -0.25) is 29.0 Å². The zero-order valence-electron chi connectivity index (χ0n) is 33.0. The number of benzene rings is 1. The van der Waals surface area contributed by atoms with Crippen LogP contribution in [-0.2, 0) is 30.4 Å². The highest BCUT2D eigenvalue weighted by atomic mass is 16.4. The van der Waals surface area contributed by atoms with Crippen LogP contribution in [0.15, 0.2) is 35.3 Å². The van der Waals surface area contributed by atoms with Gasteiger partial charge < -0.3 is 53.2 Å². The lowest BCUT2D eigenvalue weighted by molar-refractivity contribution is -0.142. The Bertz CT molecular complexity index is 1350. The van der Waals surface area contributed by atoms with Gasteiger partial charge in [-0.25, -0.2) is 0 Å². The molecular weight excluding hydrogens is 695 g/mol. The van der Waals surface area contributed by atoms with Gasteiger partial charge in [0, 0.05) is 25.6 Å². The van der Waals surface area contributed by atoms with Crippen LogP contribution in [0.1, 0.15) is 99.0 Å². The zero-order chi connectivity index (χ0) is 41.0. The maximum Gasteiger partial charge on any atom is 0.475 e. The summed E-state index contributed by atoms with van der Waals surface area (Å²) >= 11 is 0. The fourth-order valence-corrected chi connectivity index (χ4v) is 6.14. The van der Waals surface area contributed by atoms with Crippen LogP contribution in [0.2, 0.25) is 0 Å². The van der Waals surface area contributed by atoms with Gasteiger partial charge in [0.15, 0.2) is 5.96 Å². The van der Waals surface area contributed by atoms with Crippen molar-refractivity contribution in [1.82, 2.24) is 26.6 Å². The van der Waals surface area contributed by atoms with E-state index in [0.717, 1.165) is 12.0 Å². The Labute approximate surface area is 320 Å². The second kappa shape index (κ2) is 25.0. The third kappa shape index (κ3) is 19.2. The van der Waals surface area contributed by atoms with E-state index in [2.05, 4.69) is 31.6 Å². The molecule has 5 amide bonds. The van der Waals surface area contributed by atoms with E-state index in [1.807, 2.05) is 34.6 Å². The number of nitrogens with zero attached hydrogens (tertiary/aromatic N) is 1. The first-order valence-corrected chi connectivity index (χ1v) is 19.0. The normalized spacial score (nSPS) is 15.1. The average molecular weight is 761 g/mol. The quantitative estimate of drug-likeness (QED) is 0.0276. The third-order valence-electron chi connectivity index (χ3n) is 8.70. The van der Waals surface area contributed by atoms with Crippen molar-refractivity contribution in [1.29, 1.82) is 0 Å². The highest BCUT2D eigenvalue weighted by molar-refractivity contribution is 6.43. The number of nitrogens with two attached hydrogens (primary N) is 2. The number of carbonyl (C=O) groups is 5. The van der Waals surface area contributed by atoms with E-state index < -0.39 is 72.7 Å². The van der Waals surface area contributed by atoms with Gasteiger partial charge in [-0.15, -0.1) is 0 Å². The minimum Gasteiger partial charge on any atom is -0.426 e. The number of amides is 5. The number of aliphatic hydroxyl groups is 1. The summed E-state index contributed by atoms with van der Waals surface area (Å²) in [5.74, 6) is -5.51. The largest absolute Gasteiger partial charge is 0.475 e. The van der Waals surface area contributed by atoms with E-state index in [-0.39, 0.29) is 43.1 Å². The molecule has 5 unspecified atom stereocenters. The van der Waals surface area contributed by atoms with Gasteiger partial charge in [-0.1, -0.05) is 71.4 Å². The van der Waals surface area contributed by atoms with Crippen LogP contribution in [0.4, 0.5) is 0 Å². The smallest absolute Gasteiger partial charge is 0.426 e. The van der Waals surface area contributed by atoms with Crippen LogP contribution in [0.3, 0.4) is 0 Å². The van der Waals surface area contributed by atoms with E-state index in [1.165, 1.54) is 6.92 Å². The van der Waals surface area contributed by atoms with Crippen LogP contribution in [0, 0.1) is 17.8 Å². The molecule has 0 aromatic heterocycles. The lowest BCUT2D eigenvalue weighted by atomic mass is 9.75. The van der Waals surface area contributed by atoms with Crippen molar-refractivity contribution >= 4 is 42.6 Å². The maximum atomic E-state index is 13.7. The molecule has 0 saturated heterocycles. The molecule has 1 aromatic carbocycles. The van der Waals surface area contributed by atoms with Gasteiger partial charge in [0.1, 0.15) is 18.2 Å². The van der Waals surface area contributed by atoms with Gasteiger partial charge in [0.2, 0.25) is 29.5 Å². The standard InChI is InChI=1S/C37H65BN8O8/c1-8-13-27(16-12-17-41-37(39)40)44-34(50)29(19-23(4)5)45-36(52)32(48)28(18-22(2)3)33(49)42-24(6)20-30(43-25(7)47)35(51)46-31(38(53)54)21-26-14-10-9-11-15-26/h9-11,14-15,22-24,27-32,48,53-54H,8,12-13,16-21H2,1-7H3,(H,42,49)(H,43,47)(H,44,50)(H,45,52)(H,46,51)(H4,39,40,41)/t24-,27?,28-,29?,30?,31?,32?/m0/s1. The van der Waals surface area contributed by atoms with Crippen molar-refractivity contribution in [3.63, 3.8) is 0 Å². The summed E-state index contributed by atoms with van der Waals surface area (Å²) in [4.78, 5) is 70.0. The van der Waals surface area contributed by atoms with Crippen molar-refractivity contribution in [3.05, 3.63) is 35.9 Å². The van der Waals surface area contributed by atoms with Crippen molar-refractivity contribution in [2.45, 2.75) is 136 Å². The van der Waals surface area contributed by atoms with Crippen LogP contribution in [-0.4, -0.2) is 101 Å². The van der Waals surface area contributed by atoms with Crippen LogP contribution >= 0.6 is 0 Å². The summed E-state index contributed by atoms with van der Waals surface area (Å²) in [6, 6.07) is 5.87. The first kappa shape index (κ1) is 47.8. The lowest BCUT2D eigenvalue weighted by Gasteiger charge is -2.29. The summed E-state index contributed by atoms with van der Waals surface area (Å²) in [6.45, 7) is 12.7. The van der Waals surface area contributed by atoms with Gasteiger partial charge >= 0.3 is 7.12 Å². The molecule has 1 rings (SSSR count). The number of aliphatic hydroxyl groups excluding tert-OH is 1. The minimum atomic E-state index is -1.89. The number of rotatable bonds is 25. The number of nitrogens with one attached hydrogen (secondary N) is 5. The number of carbonyl (C=O) groups excluding carboxylic acids is 5. The van der Waals surface area contributed by atoms with E-state index in [1.54, 1.807) is 37.3 Å². The van der Waals surface area contributed by atoms with E-state index >= 15 is 0 Å². The lowest BCUT2D eigenvalue weighted by Crippen LogP contribution is -2.56. The summed E-state index contributed by atoms with van der Waals surface area (Å²) in [7, 11) is -1.89. The summed E-state index contributed by atoms with van der Waals surface area (Å²) in [6.07, 6.45) is 1.43. The van der Waals surface area contributed by atoms with Crippen LogP contribution < -0.4 is 38.1 Å². The Hall–Kier alpha value is -4.22. The van der Waals surface area contributed by atoms with Gasteiger partial charge in [0.25, 0.3) is 0 Å². The Morgan fingerprint density at radius 3 is 1.89 bits per heavy atom. The fourth-order valence-electron chi connectivity index (χ4n) is 6.14. The summed E-state index contributed by atoms with van der Waals surface area (Å²) < 4.78 is 0. The first-order chi connectivity index (χ1) is 25.3. The summed E-state index contributed by atoms with van der Waals surface area (Å²) in [5, 5.41) is 44.8. The molecule has 0 aliphatic heterocycles. The van der Waals surface area contributed by atoms with E-state index in [0.29, 0.717) is 32.2 Å². The Morgan fingerprint density at radius 1 is 0.759 bits per heavy atom. The van der Waals surface area contributed by atoms with Crippen molar-refractivity contribution in [2.75, 3.05) is 6.54 Å². The monoisotopic (exact) mass is 761 g/mol. The van der Waals surface area contributed by atoms with Crippen molar-refractivity contribution in [3.8, 4) is 0 Å². The molecule has 0 bridgehead atoms. The highest BCUT2D eigenvalue weighted by Gasteiger charge is 2.36. The molecule has 0 aliphatic carbocycles. The second-order valence-electron chi connectivity index (χ2n) is 14.9. The summed E-state index contributed by atoms with van der Waals surface area (Å²) in [5.41, 5.74) is 11.6. The van der Waals surface area contributed by atoms with Crippen LogP contribution in [0.25, 0.3) is 0 Å². The molecule has 0 aliphatic rings. The number of aliphatic imine (C=N–C) groups is 1. The third-order valence-corrected chi connectivity index (χ3v) is 8.70. The molecule has 17 heteroatoms. The Morgan fingerprint density at radius 2 is 1.35 bits per heavy atom. The van der Waals surface area contributed by atoms with Gasteiger partial charge in [0.05, 0.1) is 11.9 Å². The van der Waals surface area contributed by atoms with Crippen LogP contribution in [0.5, 0.6) is 0 Å². The fraction of sp³-hybridized carbons (Fsp3) is 0.676. The molecule has 0 saturated carbocycles. The van der Waals surface area contributed by atoms with Gasteiger partial charge in [-0.2, -0.15) is 0 Å². The van der Waals surface area contributed by atoms with Gasteiger partial charge in [-0.05, 0) is 69.3 Å². The van der Waals surface area contributed by atoms with E-state index in [4.69, 9.17) is 11.5 Å².